The van der Waals surface area contributed by atoms with Crippen LogP contribution in [0, 0.1) is 13.8 Å². The Morgan fingerprint density at radius 2 is 2.06 bits per heavy atom. The van der Waals surface area contributed by atoms with E-state index >= 15 is 0 Å². The zero-order valence-electron chi connectivity index (χ0n) is 9.70. The lowest BCUT2D eigenvalue weighted by Crippen LogP contribution is -2.25. The molecule has 0 aliphatic rings. The van der Waals surface area contributed by atoms with Crippen LogP contribution in [0.2, 0.25) is 0 Å². The lowest BCUT2D eigenvalue weighted by molar-refractivity contribution is 0.0690. The normalized spacial score (nSPS) is 11.7. The maximum Gasteiger partial charge on any atom is 0.352 e. The average molecular weight is 262 g/mol. The third kappa shape index (κ3) is 2.65. The van der Waals surface area contributed by atoms with Crippen molar-refractivity contribution in [1.82, 2.24) is 9.87 Å². The van der Waals surface area contributed by atoms with E-state index in [4.69, 9.17) is 5.11 Å². The highest BCUT2D eigenvalue weighted by Crippen LogP contribution is 2.22. The molecule has 0 saturated carbocycles. The number of carbonyl (C=O) groups is 1. The number of sulfonamides is 1. The molecule has 0 atom stereocenters. The fourth-order valence-electron chi connectivity index (χ4n) is 1.53. The fourth-order valence-corrected chi connectivity index (χ4v) is 2.84. The number of nitrogens with one attached hydrogen (secondary N) is 2. The summed E-state index contributed by atoms with van der Waals surface area (Å²) in [5, 5.41) is 8.87. The average Bonchev–Trinajstić information content (AvgIpc) is 2.52. The number of aromatic carboxylic acids is 1. The first-order valence-corrected chi connectivity index (χ1v) is 6.35. The lowest BCUT2D eigenvalue weighted by atomic mass is 10.2. The van der Waals surface area contributed by atoms with Crippen molar-refractivity contribution < 1.29 is 23.2 Å². The van der Waals surface area contributed by atoms with E-state index in [-0.39, 0.29) is 28.5 Å². The molecule has 0 unspecified atom stereocenters. The number of H-pyrrole nitrogens is 1. The topological polar surface area (TPSA) is 108 Å². The van der Waals surface area contributed by atoms with E-state index < -0.39 is 16.0 Å². The highest BCUT2D eigenvalue weighted by atomic mass is 32.2. The number of hydrogen-bond acceptors (Lipinski definition) is 4. The first-order chi connectivity index (χ1) is 7.81. The molecule has 3 N–H and O–H groups in total. The summed E-state index contributed by atoms with van der Waals surface area (Å²) in [6, 6.07) is 0. The molecule has 0 saturated heterocycles. The summed E-state index contributed by atoms with van der Waals surface area (Å²) in [5.41, 5.74) is 0.272. The standard InChI is InChI=1S/C9H14N2O5S/c1-4-16-11-17(14,15)8-5(2)7(9(12)13)10-6(8)3/h10-11H,4H2,1-3H3,(H,12,13). The van der Waals surface area contributed by atoms with Crippen LogP contribution in [0.1, 0.15) is 28.7 Å². The smallest absolute Gasteiger partial charge is 0.352 e. The number of rotatable bonds is 5. The van der Waals surface area contributed by atoms with Gasteiger partial charge < -0.3 is 10.1 Å². The van der Waals surface area contributed by atoms with Crippen molar-refractivity contribution in [3.05, 3.63) is 17.0 Å². The number of hydrogen-bond donors (Lipinski definition) is 3. The van der Waals surface area contributed by atoms with E-state index in [2.05, 4.69) is 9.82 Å². The predicted molar refractivity (Wildman–Crippen MR) is 59.2 cm³/mol. The van der Waals surface area contributed by atoms with Gasteiger partial charge in [-0.05, 0) is 20.8 Å². The van der Waals surface area contributed by atoms with Crippen molar-refractivity contribution in [2.24, 2.45) is 0 Å². The quantitative estimate of drug-likeness (QED) is 0.672. The van der Waals surface area contributed by atoms with Gasteiger partial charge in [0.2, 0.25) is 0 Å². The molecular weight excluding hydrogens is 248 g/mol. The highest BCUT2D eigenvalue weighted by Gasteiger charge is 2.26. The van der Waals surface area contributed by atoms with E-state index in [9.17, 15) is 13.2 Å². The van der Waals surface area contributed by atoms with Crippen LogP contribution >= 0.6 is 0 Å². The number of aromatic amines is 1. The minimum absolute atomic E-state index is 0.0941. The van der Waals surface area contributed by atoms with Crippen LogP contribution in [0.5, 0.6) is 0 Å². The lowest BCUT2D eigenvalue weighted by Gasteiger charge is -2.06. The fraction of sp³-hybridized carbons (Fsp3) is 0.444. The Labute approximate surface area is 98.8 Å². The van der Waals surface area contributed by atoms with Gasteiger partial charge in [0.25, 0.3) is 10.0 Å². The summed E-state index contributed by atoms with van der Waals surface area (Å²) >= 11 is 0. The highest BCUT2D eigenvalue weighted by molar-refractivity contribution is 7.89. The molecule has 0 spiro atoms. The molecule has 96 valence electrons. The van der Waals surface area contributed by atoms with Crippen LogP contribution in [-0.2, 0) is 14.9 Å². The molecule has 1 rings (SSSR count). The summed E-state index contributed by atoms with van der Waals surface area (Å²) in [5.74, 6) is -1.21. The second kappa shape index (κ2) is 4.86. The Morgan fingerprint density at radius 3 is 2.47 bits per heavy atom. The molecular formula is C9H14N2O5S. The van der Waals surface area contributed by atoms with Crippen LogP contribution in [-0.4, -0.2) is 31.1 Å². The van der Waals surface area contributed by atoms with Gasteiger partial charge in [0.1, 0.15) is 10.6 Å². The monoisotopic (exact) mass is 262 g/mol. The Bertz CT molecular complexity index is 532. The molecule has 7 nitrogen and oxygen atoms in total. The van der Waals surface area contributed by atoms with Gasteiger partial charge in [-0.15, -0.1) is 0 Å². The van der Waals surface area contributed by atoms with E-state index in [1.165, 1.54) is 13.8 Å². The van der Waals surface area contributed by atoms with Gasteiger partial charge in [0.05, 0.1) is 6.61 Å². The number of carboxylic acid groups (broad SMARTS) is 1. The van der Waals surface area contributed by atoms with Crippen molar-refractivity contribution >= 4 is 16.0 Å². The molecule has 1 heterocycles. The van der Waals surface area contributed by atoms with Crippen LogP contribution in [0.3, 0.4) is 0 Å². The van der Waals surface area contributed by atoms with Crippen molar-refractivity contribution in [2.45, 2.75) is 25.7 Å². The van der Waals surface area contributed by atoms with E-state index in [0.717, 1.165) is 0 Å². The maximum atomic E-state index is 11.8. The van der Waals surface area contributed by atoms with Crippen molar-refractivity contribution in [3.63, 3.8) is 0 Å². The van der Waals surface area contributed by atoms with Crippen molar-refractivity contribution in [2.75, 3.05) is 6.61 Å². The first kappa shape index (κ1) is 13.7. The SMILES string of the molecule is CCONS(=O)(=O)c1c(C)[nH]c(C(=O)O)c1C. The van der Waals surface area contributed by atoms with Crippen LogP contribution < -0.4 is 4.89 Å². The Morgan fingerprint density at radius 1 is 1.47 bits per heavy atom. The second-order valence-electron chi connectivity index (χ2n) is 3.40. The third-order valence-corrected chi connectivity index (χ3v) is 3.65. The minimum atomic E-state index is -3.86. The minimum Gasteiger partial charge on any atom is -0.477 e. The Balaban J connectivity index is 3.28. The van der Waals surface area contributed by atoms with Crippen LogP contribution in [0.15, 0.2) is 4.90 Å². The summed E-state index contributed by atoms with van der Waals surface area (Å²) in [4.78, 5) is 19.8. The van der Waals surface area contributed by atoms with Gasteiger partial charge in [0, 0.05) is 11.3 Å². The number of carboxylic acids is 1. The zero-order valence-corrected chi connectivity index (χ0v) is 10.5. The van der Waals surface area contributed by atoms with Gasteiger partial charge in [-0.25, -0.2) is 13.2 Å². The number of aryl methyl sites for hydroxylation is 1. The Hall–Kier alpha value is -1.38. The molecule has 0 aromatic carbocycles. The molecule has 8 heteroatoms. The molecule has 0 bridgehead atoms. The predicted octanol–water partition coefficient (Wildman–Crippen LogP) is 0.560. The summed E-state index contributed by atoms with van der Waals surface area (Å²) in [6.45, 7) is 4.71. The van der Waals surface area contributed by atoms with Crippen LogP contribution in [0.4, 0.5) is 0 Å². The van der Waals surface area contributed by atoms with Gasteiger partial charge >= 0.3 is 5.97 Å². The summed E-state index contributed by atoms with van der Waals surface area (Å²) in [7, 11) is -3.86. The van der Waals surface area contributed by atoms with E-state index in [1.807, 2.05) is 4.89 Å². The van der Waals surface area contributed by atoms with Gasteiger partial charge in [0.15, 0.2) is 0 Å². The molecule has 0 amide bonds. The molecule has 0 aliphatic carbocycles. The summed E-state index contributed by atoms with van der Waals surface area (Å²) in [6.07, 6.45) is 0. The third-order valence-electron chi connectivity index (χ3n) is 2.16. The molecule has 17 heavy (non-hydrogen) atoms. The second-order valence-corrected chi connectivity index (χ2v) is 4.99. The summed E-state index contributed by atoms with van der Waals surface area (Å²) < 4.78 is 23.6. The largest absolute Gasteiger partial charge is 0.477 e. The van der Waals surface area contributed by atoms with Crippen molar-refractivity contribution in [3.8, 4) is 0 Å². The van der Waals surface area contributed by atoms with E-state index in [0.29, 0.717) is 0 Å². The molecule has 1 aromatic heterocycles. The van der Waals surface area contributed by atoms with Crippen LogP contribution in [0.25, 0.3) is 0 Å². The maximum absolute atomic E-state index is 11.8. The molecule has 0 radical (unpaired) electrons. The van der Waals surface area contributed by atoms with E-state index in [1.54, 1.807) is 6.92 Å². The van der Waals surface area contributed by atoms with Gasteiger partial charge in [-0.3, -0.25) is 4.84 Å². The number of aromatic nitrogens is 1. The first-order valence-electron chi connectivity index (χ1n) is 4.87. The van der Waals surface area contributed by atoms with Crippen molar-refractivity contribution in [1.29, 1.82) is 0 Å². The Kier molecular flexibility index (Phi) is 3.91. The zero-order chi connectivity index (χ0) is 13.2. The molecule has 0 fully saturated rings. The van der Waals surface area contributed by atoms with Gasteiger partial charge in [-0.1, -0.05) is 4.89 Å². The van der Waals surface area contributed by atoms with Gasteiger partial charge in [-0.2, -0.15) is 0 Å². The molecule has 1 aromatic rings. The molecule has 0 aliphatic heterocycles.